The molecule has 1 saturated carbocycles. The Bertz CT molecular complexity index is 464. The number of nitrogens with one attached hydrogen (secondary N) is 1. The van der Waals surface area contributed by atoms with Crippen LogP contribution in [0, 0.1) is 23.2 Å². The Hall–Kier alpha value is -1.01. The van der Waals surface area contributed by atoms with Crippen LogP contribution < -0.4 is 5.32 Å². The van der Waals surface area contributed by atoms with Crippen LogP contribution in [-0.4, -0.2) is 6.04 Å². The first-order valence-corrected chi connectivity index (χ1v) is 7.35. The molecule has 1 aliphatic carbocycles. The molecule has 0 spiro atoms. The van der Waals surface area contributed by atoms with Gasteiger partial charge in [0.2, 0.25) is 0 Å². The van der Waals surface area contributed by atoms with E-state index in [2.05, 4.69) is 41.2 Å². The van der Waals surface area contributed by atoms with E-state index in [1.54, 1.807) is 0 Å². The topological polar surface area (TPSA) is 35.8 Å². The van der Waals surface area contributed by atoms with Crippen molar-refractivity contribution in [1.82, 2.24) is 0 Å². The lowest BCUT2D eigenvalue weighted by Gasteiger charge is -2.34. The standard InChI is InChI=1S/C15H19BrN2/c1-10-3-5-14(11(2)7-10)18-15-6-4-13(16)8-12(15)9-17/h4,6,8,10-11,14,18H,3,5,7H2,1-2H3. The molecule has 1 aliphatic rings. The third-order valence-corrected chi connectivity index (χ3v) is 4.37. The van der Waals surface area contributed by atoms with Gasteiger partial charge in [-0.25, -0.2) is 0 Å². The molecule has 96 valence electrons. The van der Waals surface area contributed by atoms with E-state index in [9.17, 15) is 0 Å². The smallest absolute Gasteiger partial charge is 0.101 e. The van der Waals surface area contributed by atoms with Gasteiger partial charge >= 0.3 is 0 Å². The Balaban J connectivity index is 2.12. The summed E-state index contributed by atoms with van der Waals surface area (Å²) in [4.78, 5) is 0. The zero-order valence-electron chi connectivity index (χ0n) is 10.9. The van der Waals surface area contributed by atoms with E-state index in [1.165, 1.54) is 19.3 Å². The van der Waals surface area contributed by atoms with Gasteiger partial charge in [-0.05, 0) is 49.3 Å². The van der Waals surface area contributed by atoms with Crippen molar-refractivity contribution in [3.63, 3.8) is 0 Å². The zero-order chi connectivity index (χ0) is 13.1. The molecule has 1 N–H and O–H groups in total. The predicted molar refractivity (Wildman–Crippen MR) is 78.4 cm³/mol. The van der Waals surface area contributed by atoms with Crippen molar-refractivity contribution in [2.45, 2.75) is 39.2 Å². The molecule has 1 fully saturated rings. The molecule has 0 saturated heterocycles. The Kier molecular flexibility index (Phi) is 4.29. The summed E-state index contributed by atoms with van der Waals surface area (Å²) in [7, 11) is 0. The van der Waals surface area contributed by atoms with Gasteiger partial charge in [0.05, 0.1) is 11.3 Å². The SMILES string of the molecule is CC1CCC(Nc2ccc(Br)cc2C#N)C(C)C1. The number of hydrogen-bond donors (Lipinski definition) is 1. The fraction of sp³-hybridized carbons (Fsp3) is 0.533. The Morgan fingerprint density at radius 2 is 2.11 bits per heavy atom. The van der Waals surface area contributed by atoms with Crippen molar-refractivity contribution in [3.8, 4) is 6.07 Å². The van der Waals surface area contributed by atoms with Crippen LogP contribution in [0.4, 0.5) is 5.69 Å². The molecule has 18 heavy (non-hydrogen) atoms. The summed E-state index contributed by atoms with van der Waals surface area (Å²) in [5.41, 5.74) is 1.68. The highest BCUT2D eigenvalue weighted by atomic mass is 79.9. The number of rotatable bonds is 2. The fourth-order valence-electron chi connectivity index (χ4n) is 2.81. The highest BCUT2D eigenvalue weighted by molar-refractivity contribution is 9.10. The molecule has 2 nitrogen and oxygen atoms in total. The van der Waals surface area contributed by atoms with Crippen LogP contribution in [0.2, 0.25) is 0 Å². The first-order valence-electron chi connectivity index (χ1n) is 6.56. The van der Waals surface area contributed by atoms with Crippen LogP contribution in [0.15, 0.2) is 22.7 Å². The van der Waals surface area contributed by atoms with E-state index in [1.807, 2.05) is 18.2 Å². The monoisotopic (exact) mass is 306 g/mol. The van der Waals surface area contributed by atoms with E-state index in [-0.39, 0.29) is 0 Å². The average molecular weight is 307 g/mol. The van der Waals surface area contributed by atoms with Crippen molar-refractivity contribution in [1.29, 1.82) is 5.26 Å². The quantitative estimate of drug-likeness (QED) is 0.869. The molecule has 1 aromatic carbocycles. The van der Waals surface area contributed by atoms with Crippen LogP contribution in [-0.2, 0) is 0 Å². The molecule has 2 rings (SSSR count). The maximum atomic E-state index is 9.17. The predicted octanol–water partition coefficient (Wildman–Crippen LogP) is 4.56. The van der Waals surface area contributed by atoms with E-state index in [0.717, 1.165) is 21.6 Å². The summed E-state index contributed by atoms with van der Waals surface area (Å²) in [6.07, 6.45) is 3.75. The summed E-state index contributed by atoms with van der Waals surface area (Å²) in [6.45, 7) is 4.63. The lowest BCUT2D eigenvalue weighted by atomic mass is 9.80. The molecule has 0 aliphatic heterocycles. The normalized spacial score (nSPS) is 27.6. The van der Waals surface area contributed by atoms with Crippen molar-refractivity contribution >= 4 is 21.6 Å². The molecular weight excluding hydrogens is 288 g/mol. The van der Waals surface area contributed by atoms with Gasteiger partial charge in [-0.3, -0.25) is 0 Å². The molecule has 0 amide bonds. The van der Waals surface area contributed by atoms with E-state index in [0.29, 0.717) is 12.0 Å². The molecular formula is C15H19BrN2. The highest BCUT2D eigenvalue weighted by Gasteiger charge is 2.25. The second-order valence-corrected chi connectivity index (χ2v) is 6.36. The third kappa shape index (κ3) is 3.05. The second kappa shape index (κ2) is 5.75. The van der Waals surface area contributed by atoms with Crippen molar-refractivity contribution in [3.05, 3.63) is 28.2 Å². The molecule has 1 aromatic rings. The van der Waals surface area contributed by atoms with Gasteiger partial charge < -0.3 is 5.32 Å². The lowest BCUT2D eigenvalue weighted by Crippen LogP contribution is -2.33. The summed E-state index contributed by atoms with van der Waals surface area (Å²) in [5, 5.41) is 12.7. The molecule has 0 bridgehead atoms. The van der Waals surface area contributed by atoms with Crippen LogP contribution in [0.3, 0.4) is 0 Å². The van der Waals surface area contributed by atoms with Gasteiger partial charge in [-0.15, -0.1) is 0 Å². The fourth-order valence-corrected chi connectivity index (χ4v) is 3.18. The van der Waals surface area contributed by atoms with Gasteiger partial charge in [0.25, 0.3) is 0 Å². The van der Waals surface area contributed by atoms with Crippen molar-refractivity contribution in [2.24, 2.45) is 11.8 Å². The van der Waals surface area contributed by atoms with Crippen molar-refractivity contribution in [2.75, 3.05) is 5.32 Å². The summed E-state index contributed by atoms with van der Waals surface area (Å²) in [5.74, 6) is 1.50. The number of nitriles is 1. The molecule has 3 heteroatoms. The molecule has 0 aromatic heterocycles. The largest absolute Gasteiger partial charge is 0.381 e. The Morgan fingerprint density at radius 1 is 1.33 bits per heavy atom. The molecule has 3 unspecified atom stereocenters. The Morgan fingerprint density at radius 3 is 2.78 bits per heavy atom. The summed E-state index contributed by atoms with van der Waals surface area (Å²) >= 11 is 3.40. The number of anilines is 1. The van der Waals surface area contributed by atoms with E-state index >= 15 is 0 Å². The second-order valence-electron chi connectivity index (χ2n) is 5.45. The van der Waals surface area contributed by atoms with Gasteiger partial charge in [0.1, 0.15) is 6.07 Å². The molecule has 3 atom stereocenters. The van der Waals surface area contributed by atoms with Gasteiger partial charge in [-0.2, -0.15) is 5.26 Å². The van der Waals surface area contributed by atoms with Crippen molar-refractivity contribution < 1.29 is 0 Å². The molecule has 0 radical (unpaired) electrons. The van der Waals surface area contributed by atoms with Crippen LogP contribution >= 0.6 is 15.9 Å². The van der Waals surface area contributed by atoms with Crippen LogP contribution in [0.1, 0.15) is 38.7 Å². The number of nitrogens with zero attached hydrogens (tertiary/aromatic N) is 1. The minimum absolute atomic E-state index is 0.495. The minimum atomic E-state index is 0.495. The first-order chi connectivity index (χ1) is 8.60. The zero-order valence-corrected chi connectivity index (χ0v) is 12.5. The summed E-state index contributed by atoms with van der Waals surface area (Å²) < 4.78 is 0.954. The number of halogens is 1. The van der Waals surface area contributed by atoms with Crippen LogP contribution in [0.5, 0.6) is 0 Å². The van der Waals surface area contributed by atoms with E-state index < -0.39 is 0 Å². The maximum absolute atomic E-state index is 9.17. The average Bonchev–Trinajstić information content (AvgIpc) is 2.34. The van der Waals surface area contributed by atoms with Gasteiger partial charge in [0, 0.05) is 10.5 Å². The third-order valence-electron chi connectivity index (χ3n) is 3.87. The van der Waals surface area contributed by atoms with Gasteiger partial charge in [-0.1, -0.05) is 29.8 Å². The highest BCUT2D eigenvalue weighted by Crippen LogP contribution is 2.31. The van der Waals surface area contributed by atoms with Crippen LogP contribution in [0.25, 0.3) is 0 Å². The summed E-state index contributed by atoms with van der Waals surface area (Å²) in [6, 6.07) is 8.60. The Labute approximate surface area is 118 Å². The maximum Gasteiger partial charge on any atom is 0.101 e. The first kappa shape index (κ1) is 13.4. The minimum Gasteiger partial charge on any atom is -0.381 e. The molecule has 0 heterocycles. The van der Waals surface area contributed by atoms with E-state index in [4.69, 9.17) is 5.26 Å². The van der Waals surface area contributed by atoms with Gasteiger partial charge in [0.15, 0.2) is 0 Å². The number of benzene rings is 1. The number of hydrogen-bond acceptors (Lipinski definition) is 2. The lowest BCUT2D eigenvalue weighted by molar-refractivity contribution is 0.276.